The Kier molecular flexibility index (Phi) is 24.4. The molecule has 0 fully saturated rings. The number of alkyl halides is 6. The average molecular weight is 1050 g/mol. The van der Waals surface area contributed by atoms with Gasteiger partial charge in [-0.15, -0.1) is 68.0 Å². The Morgan fingerprint density at radius 3 is 0.896 bits per heavy atom. The van der Waals surface area contributed by atoms with Crippen LogP contribution in [0.2, 0.25) is 0 Å². The van der Waals surface area contributed by atoms with E-state index in [9.17, 15) is 26.3 Å². The summed E-state index contributed by atoms with van der Waals surface area (Å²) in [7, 11) is 0. The normalized spacial score (nSPS) is 12.0. The van der Waals surface area contributed by atoms with Crippen molar-refractivity contribution in [3.8, 4) is 0 Å². The van der Waals surface area contributed by atoms with Crippen molar-refractivity contribution in [2.24, 2.45) is 21.7 Å². The van der Waals surface area contributed by atoms with Crippen molar-refractivity contribution >= 4 is 68.0 Å². The van der Waals surface area contributed by atoms with E-state index in [1.54, 1.807) is 29.6 Å². The number of halogens is 6. The molecule has 0 N–H and O–H groups in total. The van der Waals surface area contributed by atoms with E-state index in [4.69, 9.17) is 0 Å². The zero-order chi connectivity index (χ0) is 52.1. The molecule has 0 atom stereocenters. The summed E-state index contributed by atoms with van der Waals surface area (Å²) in [4.78, 5) is 23.3. The minimum Gasteiger partial charge on any atom is -0.250 e. The Balaban J connectivity index is 0.000000409. The van der Waals surface area contributed by atoms with Gasteiger partial charge in [-0.25, -0.2) is 15.0 Å². The van der Waals surface area contributed by atoms with E-state index in [-0.39, 0.29) is 12.8 Å². The summed E-state index contributed by atoms with van der Waals surface area (Å²) in [6.07, 6.45) is -0.495. The fraction of sp³-hybridized carbons (Fsp3) is 0.596. The van der Waals surface area contributed by atoms with Crippen LogP contribution in [-0.4, -0.2) is 27.3 Å². The number of nitrogens with zero attached hydrogens (tertiary/aromatic N) is 3. The highest BCUT2D eigenvalue weighted by atomic mass is 32.1. The van der Waals surface area contributed by atoms with Gasteiger partial charge in [0.05, 0.1) is 25.9 Å². The Hall–Kier alpha value is -2.43. The van der Waals surface area contributed by atoms with Crippen LogP contribution < -0.4 is 0 Å². The zero-order valence-electron chi connectivity index (χ0n) is 43.9. The molecule has 0 radical (unpaired) electrons. The number of thiophene rings is 3. The highest BCUT2D eigenvalue weighted by Gasteiger charge is 2.48. The maximum Gasteiger partial charge on any atom is 0.394 e. The zero-order valence-corrected chi connectivity index (χ0v) is 48.8. The Labute approximate surface area is 424 Å². The topological polar surface area (TPSA) is 38.7 Å². The molecule has 0 aliphatic heterocycles. The molecule has 6 aromatic heterocycles. The second-order valence-corrected chi connectivity index (χ2v) is 29.0. The molecule has 0 unspecified atom stereocenters. The van der Waals surface area contributed by atoms with Crippen molar-refractivity contribution in [2.45, 2.75) is 183 Å². The monoisotopic (exact) mass is 1050 g/mol. The first kappa shape index (κ1) is 62.6. The second-order valence-electron chi connectivity index (χ2n) is 20.8. The SMILES string of the molecule is Cc1cc(C)c(C)s1.Cc1cc(CC(C)(C)C(F)(F)F)sc1C.Cc1cc(CC(C)(C)C)sc1C.Cc1cnc(C)s1.Cc1ncc(CC(C)(C)C(F)(F)F)s1.Cc1ncc(CC(C)(C)C)s1. The van der Waals surface area contributed by atoms with Crippen molar-refractivity contribution in [1.82, 2.24) is 15.0 Å². The molecule has 0 saturated carbocycles. The maximum absolute atomic E-state index is 12.6. The lowest BCUT2D eigenvalue weighted by Crippen LogP contribution is -2.33. The third kappa shape index (κ3) is 24.8. The molecule has 0 amide bonds. The molecule has 378 valence electrons. The van der Waals surface area contributed by atoms with Crippen molar-refractivity contribution in [3.05, 3.63) is 112 Å². The maximum atomic E-state index is 12.6. The first-order valence-corrected chi connectivity index (χ1v) is 27.1. The first-order chi connectivity index (χ1) is 30.2. The lowest BCUT2D eigenvalue weighted by atomic mass is 9.88. The summed E-state index contributed by atoms with van der Waals surface area (Å²) in [6.45, 7) is 41.2. The number of thiazole rings is 3. The molecular weight excluding hydrogens is 973 g/mol. The second kappa shape index (κ2) is 26.1. The van der Waals surface area contributed by atoms with Crippen LogP contribution in [-0.2, 0) is 25.7 Å². The summed E-state index contributed by atoms with van der Waals surface area (Å²) in [5.74, 6) is 0. The van der Waals surface area contributed by atoms with Gasteiger partial charge in [0.25, 0.3) is 0 Å². The molecular formula is C52H77F6N3S6. The number of rotatable bonds is 6. The fourth-order valence-electron chi connectivity index (χ4n) is 5.79. The van der Waals surface area contributed by atoms with E-state index < -0.39 is 23.2 Å². The van der Waals surface area contributed by atoms with Gasteiger partial charge in [0, 0.05) is 62.5 Å². The molecule has 15 heteroatoms. The molecule has 0 bridgehead atoms. The summed E-state index contributed by atoms with van der Waals surface area (Å²) in [6, 6.07) is 6.40. The molecule has 0 aromatic carbocycles. The van der Waals surface area contributed by atoms with Crippen LogP contribution in [0.3, 0.4) is 0 Å². The van der Waals surface area contributed by atoms with Gasteiger partial charge in [0.1, 0.15) is 0 Å². The minimum atomic E-state index is -4.16. The third-order valence-corrected chi connectivity index (χ3v) is 16.0. The Bertz CT molecular complexity index is 2270. The lowest BCUT2D eigenvalue weighted by Gasteiger charge is -2.26. The average Bonchev–Trinajstić information content (AvgIpc) is 3.99. The standard InChI is InChI=1S/C11H15F3S.C11H18S.C9H12F3NS.C9H15NS.C7H10S.C5H7NS/c1-7-5-9(15-8(7)2)6-10(3,4)11(12,13)14;1-8-6-10(12-9(8)2)7-11(3,4)5;1-6-13-5-7(14-6)4-8(2,3)9(10,11)12;1-7-10-6-8(11-7)5-9(2,3)4;1-5-4-6(2)8-7(5)3;1-4-3-6-5(2)7-4/h5H,6H2,1-4H3;6H,7H2,1-5H3;5H,4H2,1-3H3;6H,5H2,1-4H3;4H,1-3H3;3H,1-2H3. The van der Waals surface area contributed by atoms with E-state index in [0.29, 0.717) is 15.7 Å². The van der Waals surface area contributed by atoms with Crippen molar-refractivity contribution in [2.75, 3.05) is 0 Å². The van der Waals surface area contributed by atoms with Crippen molar-refractivity contribution in [3.63, 3.8) is 0 Å². The summed E-state index contributed by atoms with van der Waals surface area (Å²) >= 11 is 10.1. The first-order valence-electron chi connectivity index (χ1n) is 22.2. The molecule has 6 aromatic rings. The van der Waals surface area contributed by atoms with Gasteiger partial charge in [-0.2, -0.15) is 26.3 Å². The molecule has 67 heavy (non-hydrogen) atoms. The quantitative estimate of drug-likeness (QED) is 0.156. The smallest absolute Gasteiger partial charge is 0.250 e. The molecule has 6 heterocycles. The number of aryl methyl sites for hydroxylation is 11. The predicted octanol–water partition coefficient (Wildman–Crippen LogP) is 19.5. The predicted molar refractivity (Wildman–Crippen MR) is 285 cm³/mol. The van der Waals surface area contributed by atoms with Gasteiger partial charge in [-0.1, -0.05) is 69.2 Å². The van der Waals surface area contributed by atoms with Gasteiger partial charge in [0.2, 0.25) is 0 Å². The van der Waals surface area contributed by atoms with Crippen LogP contribution in [0, 0.1) is 97.8 Å². The lowest BCUT2D eigenvalue weighted by molar-refractivity contribution is -0.211. The van der Waals surface area contributed by atoms with Crippen LogP contribution in [0.15, 0.2) is 36.8 Å². The van der Waals surface area contributed by atoms with Gasteiger partial charge >= 0.3 is 12.4 Å². The van der Waals surface area contributed by atoms with E-state index in [0.717, 1.165) is 31.8 Å². The van der Waals surface area contributed by atoms with Crippen LogP contribution in [0.5, 0.6) is 0 Å². The molecule has 0 saturated heterocycles. The largest absolute Gasteiger partial charge is 0.394 e. The van der Waals surface area contributed by atoms with Gasteiger partial charge in [-0.3, -0.25) is 0 Å². The highest BCUT2D eigenvalue weighted by molar-refractivity contribution is 7.13. The fourth-order valence-corrected chi connectivity index (χ4v) is 12.2. The highest BCUT2D eigenvalue weighted by Crippen LogP contribution is 2.42. The van der Waals surface area contributed by atoms with E-state index in [1.165, 1.54) is 108 Å². The Morgan fingerprint density at radius 1 is 0.358 bits per heavy atom. The molecule has 0 aliphatic rings. The van der Waals surface area contributed by atoms with Gasteiger partial charge in [-0.05, 0) is 148 Å². The molecule has 3 nitrogen and oxygen atoms in total. The van der Waals surface area contributed by atoms with Crippen LogP contribution >= 0.6 is 68.0 Å². The molecule has 0 aliphatic carbocycles. The van der Waals surface area contributed by atoms with E-state index in [1.807, 2.05) is 61.9 Å². The van der Waals surface area contributed by atoms with Crippen LogP contribution in [0.25, 0.3) is 0 Å². The van der Waals surface area contributed by atoms with E-state index in [2.05, 4.69) is 117 Å². The van der Waals surface area contributed by atoms with Crippen LogP contribution in [0.4, 0.5) is 26.3 Å². The summed E-state index contributed by atoms with van der Waals surface area (Å²) < 4.78 is 75.4. The number of aromatic nitrogens is 3. The Morgan fingerprint density at radius 2 is 0.672 bits per heavy atom. The molecule has 0 spiro atoms. The molecule has 6 rings (SSSR count). The minimum absolute atomic E-state index is 0.00199. The van der Waals surface area contributed by atoms with Crippen molar-refractivity contribution < 1.29 is 26.3 Å². The van der Waals surface area contributed by atoms with Gasteiger partial charge in [0.15, 0.2) is 0 Å². The number of hydrogen-bond acceptors (Lipinski definition) is 9. The number of hydrogen-bond donors (Lipinski definition) is 0. The third-order valence-electron chi connectivity index (χ3n) is 9.97. The van der Waals surface area contributed by atoms with Crippen LogP contribution in [0.1, 0.15) is 145 Å². The van der Waals surface area contributed by atoms with Gasteiger partial charge < -0.3 is 0 Å². The van der Waals surface area contributed by atoms with E-state index >= 15 is 0 Å². The van der Waals surface area contributed by atoms with Crippen molar-refractivity contribution in [1.29, 1.82) is 0 Å². The summed E-state index contributed by atoms with van der Waals surface area (Å²) in [5, 5.41) is 3.12. The summed E-state index contributed by atoms with van der Waals surface area (Å²) in [5.41, 5.74) is 1.44.